The zero-order chi connectivity index (χ0) is 15.9. The first-order valence-electron chi connectivity index (χ1n) is 6.88. The van der Waals surface area contributed by atoms with Gasteiger partial charge in [-0.15, -0.1) is 0 Å². The summed E-state index contributed by atoms with van der Waals surface area (Å²) < 4.78 is 0. The van der Waals surface area contributed by atoms with Crippen LogP contribution in [-0.4, -0.2) is 26.2 Å². The third-order valence-corrected chi connectivity index (χ3v) is 3.34. The van der Waals surface area contributed by atoms with E-state index in [1.165, 1.54) is 0 Å². The standard InChI is InChI=1S/C17H18ClN3O/c1-21(2)16-9-5-14(6-10-16)12-19-20-17(22)11-13-3-7-15(18)8-4-13/h3-10,12H,11H2,1-2H3,(H,20,22)/b19-12-. The Balaban J connectivity index is 1.86. The molecule has 0 spiro atoms. The van der Waals surface area contributed by atoms with Crippen molar-refractivity contribution >= 4 is 29.4 Å². The number of anilines is 1. The molecule has 2 aromatic carbocycles. The van der Waals surface area contributed by atoms with Gasteiger partial charge in [0.05, 0.1) is 12.6 Å². The SMILES string of the molecule is CN(C)c1ccc(/C=N\NC(=O)Cc2ccc(Cl)cc2)cc1. The molecule has 0 aliphatic rings. The van der Waals surface area contributed by atoms with Crippen molar-refractivity contribution in [2.24, 2.45) is 5.10 Å². The summed E-state index contributed by atoms with van der Waals surface area (Å²) in [6, 6.07) is 15.1. The van der Waals surface area contributed by atoms with Crippen molar-refractivity contribution in [1.82, 2.24) is 5.43 Å². The van der Waals surface area contributed by atoms with Crippen LogP contribution >= 0.6 is 11.6 Å². The van der Waals surface area contributed by atoms with E-state index in [1.807, 2.05) is 55.4 Å². The zero-order valence-electron chi connectivity index (χ0n) is 12.6. The van der Waals surface area contributed by atoms with Crippen molar-refractivity contribution in [2.45, 2.75) is 6.42 Å². The number of rotatable bonds is 5. The molecule has 0 aromatic heterocycles. The molecule has 0 fully saturated rings. The van der Waals surface area contributed by atoms with Gasteiger partial charge in [0, 0.05) is 24.8 Å². The minimum Gasteiger partial charge on any atom is -0.378 e. The molecule has 1 N–H and O–H groups in total. The third kappa shape index (κ3) is 4.90. The van der Waals surface area contributed by atoms with Crippen LogP contribution in [0.15, 0.2) is 53.6 Å². The quantitative estimate of drug-likeness (QED) is 0.680. The number of carbonyl (C=O) groups is 1. The third-order valence-electron chi connectivity index (χ3n) is 3.09. The van der Waals surface area contributed by atoms with Crippen LogP contribution in [0.25, 0.3) is 0 Å². The molecular weight excluding hydrogens is 298 g/mol. The molecule has 22 heavy (non-hydrogen) atoms. The Labute approximate surface area is 135 Å². The smallest absolute Gasteiger partial charge is 0.244 e. The van der Waals surface area contributed by atoms with Crippen molar-refractivity contribution in [3.8, 4) is 0 Å². The van der Waals surface area contributed by atoms with Gasteiger partial charge >= 0.3 is 0 Å². The number of benzene rings is 2. The fourth-order valence-electron chi connectivity index (χ4n) is 1.86. The number of hydrogen-bond acceptors (Lipinski definition) is 3. The van der Waals surface area contributed by atoms with E-state index in [4.69, 9.17) is 11.6 Å². The molecule has 2 aromatic rings. The normalized spacial score (nSPS) is 10.7. The minimum absolute atomic E-state index is 0.163. The van der Waals surface area contributed by atoms with Gasteiger partial charge in [0.2, 0.25) is 5.91 Å². The number of nitrogens with zero attached hydrogens (tertiary/aromatic N) is 2. The highest BCUT2D eigenvalue weighted by molar-refractivity contribution is 6.30. The summed E-state index contributed by atoms with van der Waals surface area (Å²) in [5.41, 5.74) is 5.46. The van der Waals surface area contributed by atoms with Crippen molar-refractivity contribution in [3.63, 3.8) is 0 Å². The fraction of sp³-hybridized carbons (Fsp3) is 0.176. The predicted octanol–water partition coefficient (Wildman–Crippen LogP) is 3.10. The lowest BCUT2D eigenvalue weighted by atomic mass is 10.1. The van der Waals surface area contributed by atoms with Gasteiger partial charge in [0.25, 0.3) is 0 Å². The highest BCUT2D eigenvalue weighted by Crippen LogP contribution is 2.11. The van der Waals surface area contributed by atoms with Gasteiger partial charge < -0.3 is 4.90 Å². The maximum atomic E-state index is 11.8. The van der Waals surface area contributed by atoms with E-state index in [1.54, 1.807) is 18.3 Å². The summed E-state index contributed by atoms with van der Waals surface area (Å²) in [4.78, 5) is 13.8. The maximum absolute atomic E-state index is 11.8. The lowest BCUT2D eigenvalue weighted by Crippen LogP contribution is -2.19. The number of hydrogen-bond donors (Lipinski definition) is 1. The van der Waals surface area contributed by atoms with E-state index in [0.717, 1.165) is 16.8 Å². The van der Waals surface area contributed by atoms with Gasteiger partial charge in [-0.05, 0) is 35.4 Å². The molecule has 0 unspecified atom stereocenters. The van der Waals surface area contributed by atoms with E-state index >= 15 is 0 Å². The van der Waals surface area contributed by atoms with Crippen LogP contribution in [-0.2, 0) is 11.2 Å². The first kappa shape index (κ1) is 16.0. The molecule has 0 saturated heterocycles. The molecule has 1 amide bonds. The van der Waals surface area contributed by atoms with E-state index < -0.39 is 0 Å². The van der Waals surface area contributed by atoms with Crippen LogP contribution in [0.3, 0.4) is 0 Å². The Bertz CT molecular complexity index is 649. The van der Waals surface area contributed by atoms with E-state index in [2.05, 4.69) is 10.5 Å². The average molecular weight is 316 g/mol. The molecule has 0 aliphatic heterocycles. The molecule has 0 bridgehead atoms. The van der Waals surface area contributed by atoms with Gasteiger partial charge in [-0.25, -0.2) is 5.43 Å². The van der Waals surface area contributed by atoms with Crippen LogP contribution < -0.4 is 10.3 Å². The van der Waals surface area contributed by atoms with Crippen molar-refractivity contribution < 1.29 is 4.79 Å². The lowest BCUT2D eigenvalue weighted by molar-refractivity contribution is -0.120. The largest absolute Gasteiger partial charge is 0.378 e. The Morgan fingerprint density at radius 1 is 1.14 bits per heavy atom. The molecule has 0 radical (unpaired) electrons. The summed E-state index contributed by atoms with van der Waals surface area (Å²) in [7, 11) is 3.97. The number of nitrogens with one attached hydrogen (secondary N) is 1. The van der Waals surface area contributed by atoms with Crippen molar-refractivity contribution in [3.05, 3.63) is 64.7 Å². The number of amides is 1. The summed E-state index contributed by atoms with van der Waals surface area (Å²) >= 11 is 5.80. The maximum Gasteiger partial charge on any atom is 0.244 e. The highest BCUT2D eigenvalue weighted by atomic mass is 35.5. The molecule has 114 valence electrons. The van der Waals surface area contributed by atoms with Crippen molar-refractivity contribution in [1.29, 1.82) is 0 Å². The van der Waals surface area contributed by atoms with Crippen LogP contribution in [0.2, 0.25) is 5.02 Å². The molecular formula is C17H18ClN3O. The van der Waals surface area contributed by atoms with E-state index in [9.17, 15) is 4.79 Å². The van der Waals surface area contributed by atoms with Crippen LogP contribution in [0.4, 0.5) is 5.69 Å². The molecule has 0 atom stereocenters. The minimum atomic E-state index is -0.163. The first-order valence-corrected chi connectivity index (χ1v) is 7.26. The summed E-state index contributed by atoms with van der Waals surface area (Å²) in [6.45, 7) is 0. The van der Waals surface area contributed by atoms with Gasteiger partial charge in [0.15, 0.2) is 0 Å². The highest BCUT2D eigenvalue weighted by Gasteiger charge is 2.01. The second-order valence-electron chi connectivity index (χ2n) is 5.08. The Kier molecular flexibility index (Phi) is 5.55. The second-order valence-corrected chi connectivity index (χ2v) is 5.52. The van der Waals surface area contributed by atoms with E-state index in [-0.39, 0.29) is 12.3 Å². The molecule has 4 nitrogen and oxygen atoms in total. The van der Waals surface area contributed by atoms with Gasteiger partial charge in [-0.2, -0.15) is 5.10 Å². The second kappa shape index (κ2) is 7.61. The summed E-state index contributed by atoms with van der Waals surface area (Å²) in [5.74, 6) is -0.163. The number of hydrazone groups is 1. The fourth-order valence-corrected chi connectivity index (χ4v) is 1.99. The summed E-state index contributed by atoms with van der Waals surface area (Å²) in [5, 5.41) is 4.62. The Morgan fingerprint density at radius 3 is 2.36 bits per heavy atom. The Hall–Kier alpha value is -2.33. The van der Waals surface area contributed by atoms with Crippen LogP contribution in [0.5, 0.6) is 0 Å². The van der Waals surface area contributed by atoms with Crippen molar-refractivity contribution in [2.75, 3.05) is 19.0 Å². The molecule has 2 rings (SSSR count). The summed E-state index contributed by atoms with van der Waals surface area (Å²) in [6.07, 6.45) is 1.90. The van der Waals surface area contributed by atoms with Gasteiger partial charge in [-0.1, -0.05) is 35.9 Å². The topological polar surface area (TPSA) is 44.7 Å². The Morgan fingerprint density at radius 2 is 1.77 bits per heavy atom. The van der Waals surface area contributed by atoms with Gasteiger partial charge in [0.1, 0.15) is 0 Å². The average Bonchev–Trinajstić information content (AvgIpc) is 2.50. The number of carbonyl (C=O) groups excluding carboxylic acids is 1. The lowest BCUT2D eigenvalue weighted by Gasteiger charge is -2.11. The molecule has 0 heterocycles. The van der Waals surface area contributed by atoms with Crippen LogP contribution in [0.1, 0.15) is 11.1 Å². The van der Waals surface area contributed by atoms with E-state index in [0.29, 0.717) is 5.02 Å². The molecule has 0 aliphatic carbocycles. The molecule has 0 saturated carbocycles. The zero-order valence-corrected chi connectivity index (χ0v) is 13.3. The number of halogens is 1. The molecule has 5 heteroatoms. The monoisotopic (exact) mass is 315 g/mol. The first-order chi connectivity index (χ1) is 10.5. The predicted molar refractivity (Wildman–Crippen MR) is 91.7 cm³/mol. The van der Waals surface area contributed by atoms with Crippen LogP contribution in [0, 0.1) is 0 Å². The van der Waals surface area contributed by atoms with Gasteiger partial charge in [-0.3, -0.25) is 4.79 Å².